The lowest BCUT2D eigenvalue weighted by molar-refractivity contribution is -0.376. The lowest BCUT2D eigenvalue weighted by atomic mass is 9.92. The van der Waals surface area contributed by atoms with Crippen LogP contribution >= 0.6 is 0 Å². The van der Waals surface area contributed by atoms with Crippen LogP contribution in [0.25, 0.3) is 16.6 Å². The molecule has 0 fully saturated rings. The van der Waals surface area contributed by atoms with Crippen LogP contribution in [0.2, 0.25) is 0 Å². The molecule has 216 valence electrons. The number of rotatable bonds is 7. The highest BCUT2D eigenvalue weighted by Crippen LogP contribution is 2.50. The fraction of sp³-hybridized carbons (Fsp3) is 0.167. The molecule has 2 heterocycles. The van der Waals surface area contributed by atoms with Gasteiger partial charge in [-0.1, -0.05) is 48.5 Å². The fourth-order valence-electron chi connectivity index (χ4n) is 4.45. The molecule has 12 heteroatoms. The average Bonchev–Trinajstić information content (AvgIpc) is 2.96. The van der Waals surface area contributed by atoms with Crippen LogP contribution in [0.3, 0.4) is 0 Å². The molecule has 42 heavy (non-hydrogen) atoms. The first-order chi connectivity index (χ1) is 19.9. The van der Waals surface area contributed by atoms with Crippen molar-refractivity contribution in [3.63, 3.8) is 0 Å². The van der Waals surface area contributed by atoms with Crippen LogP contribution in [0.4, 0.5) is 26.3 Å². The van der Waals surface area contributed by atoms with Crippen molar-refractivity contribution in [1.29, 1.82) is 0 Å². The SMILES string of the molecule is O=c1c2cc(OCc3cccnc3)ccc2nc(Cc2ccccc2)n1-c1ccc(C(O)(C(F)(F)F)C(F)(F)F)cc1. The number of alkyl halides is 6. The first-order valence-corrected chi connectivity index (χ1v) is 12.5. The smallest absolute Gasteiger partial charge is 0.430 e. The van der Waals surface area contributed by atoms with E-state index in [2.05, 4.69) is 9.97 Å². The number of hydrogen-bond acceptors (Lipinski definition) is 5. The normalized spacial score (nSPS) is 12.5. The van der Waals surface area contributed by atoms with E-state index in [1.54, 1.807) is 67.0 Å². The van der Waals surface area contributed by atoms with E-state index in [9.17, 15) is 36.2 Å². The van der Waals surface area contributed by atoms with Crippen LogP contribution < -0.4 is 10.3 Å². The summed E-state index contributed by atoms with van der Waals surface area (Å²) in [6, 6.07) is 19.9. The quantitative estimate of drug-likeness (QED) is 0.228. The van der Waals surface area contributed by atoms with Gasteiger partial charge in [0, 0.05) is 29.9 Å². The molecule has 0 aliphatic rings. The Hall–Kier alpha value is -4.71. The largest absolute Gasteiger partial charge is 0.489 e. The molecule has 6 nitrogen and oxygen atoms in total. The highest BCUT2D eigenvalue weighted by atomic mass is 19.4. The second-order valence-electron chi connectivity index (χ2n) is 9.41. The molecule has 2 aromatic heterocycles. The minimum absolute atomic E-state index is 0.0440. The van der Waals surface area contributed by atoms with Gasteiger partial charge in [-0.05, 0) is 42.0 Å². The van der Waals surface area contributed by atoms with Crippen molar-refractivity contribution in [2.24, 2.45) is 0 Å². The van der Waals surface area contributed by atoms with Crippen molar-refractivity contribution in [3.8, 4) is 11.4 Å². The fourth-order valence-corrected chi connectivity index (χ4v) is 4.45. The second-order valence-corrected chi connectivity index (χ2v) is 9.41. The van der Waals surface area contributed by atoms with Gasteiger partial charge in [0.1, 0.15) is 18.2 Å². The van der Waals surface area contributed by atoms with Crippen molar-refractivity contribution < 1.29 is 36.2 Å². The summed E-state index contributed by atoms with van der Waals surface area (Å²) in [5.74, 6) is 0.528. The van der Waals surface area contributed by atoms with E-state index < -0.39 is 29.1 Å². The predicted molar refractivity (Wildman–Crippen MR) is 141 cm³/mol. The van der Waals surface area contributed by atoms with E-state index in [1.807, 2.05) is 0 Å². The van der Waals surface area contributed by atoms with Crippen LogP contribution in [0.1, 0.15) is 22.5 Å². The van der Waals surface area contributed by atoms with Gasteiger partial charge in [-0.15, -0.1) is 0 Å². The third-order valence-electron chi connectivity index (χ3n) is 6.61. The number of benzene rings is 3. The molecule has 0 radical (unpaired) electrons. The van der Waals surface area contributed by atoms with E-state index in [0.717, 1.165) is 27.8 Å². The van der Waals surface area contributed by atoms with Crippen LogP contribution in [-0.2, 0) is 18.6 Å². The molecule has 0 aliphatic heterocycles. The van der Waals surface area contributed by atoms with Gasteiger partial charge in [0.2, 0.25) is 0 Å². The van der Waals surface area contributed by atoms with Gasteiger partial charge in [0.25, 0.3) is 11.2 Å². The molecular weight excluding hydrogens is 564 g/mol. The zero-order chi connectivity index (χ0) is 30.1. The van der Waals surface area contributed by atoms with Crippen molar-refractivity contribution in [2.75, 3.05) is 0 Å². The van der Waals surface area contributed by atoms with Crippen molar-refractivity contribution in [2.45, 2.75) is 31.0 Å². The summed E-state index contributed by atoms with van der Waals surface area (Å²) in [5, 5.41) is 9.89. The van der Waals surface area contributed by atoms with Gasteiger partial charge in [-0.3, -0.25) is 14.3 Å². The molecule has 3 aromatic carbocycles. The Morgan fingerprint density at radius 1 is 0.810 bits per heavy atom. The third-order valence-corrected chi connectivity index (χ3v) is 6.61. The maximum atomic E-state index is 13.8. The minimum atomic E-state index is -6.04. The van der Waals surface area contributed by atoms with Crippen LogP contribution in [0.5, 0.6) is 5.75 Å². The number of halogens is 6. The predicted octanol–water partition coefficient (Wildman–Crippen LogP) is 6.26. The Morgan fingerprint density at radius 3 is 2.10 bits per heavy atom. The van der Waals surface area contributed by atoms with E-state index in [1.165, 1.54) is 6.07 Å². The van der Waals surface area contributed by atoms with Gasteiger partial charge < -0.3 is 9.84 Å². The molecule has 0 saturated carbocycles. The zero-order valence-electron chi connectivity index (χ0n) is 21.5. The van der Waals surface area contributed by atoms with E-state index in [4.69, 9.17) is 4.74 Å². The summed E-state index contributed by atoms with van der Waals surface area (Å²) in [7, 11) is 0. The number of nitrogens with zero attached hydrogens (tertiary/aromatic N) is 3. The lowest BCUT2D eigenvalue weighted by Crippen LogP contribution is -2.53. The standard InChI is InChI=1S/C30H21F6N3O3/c31-29(32,33)28(41,30(34,35)36)21-8-10-22(11-9-21)39-26(15-19-5-2-1-3-6-19)38-25-13-12-23(16-24(25)27(39)40)42-18-20-7-4-14-37-17-20/h1-14,16-17,41H,15,18H2. The Labute approximate surface area is 234 Å². The first kappa shape index (κ1) is 28.8. The van der Waals surface area contributed by atoms with Gasteiger partial charge in [-0.25, -0.2) is 4.98 Å². The van der Waals surface area contributed by atoms with Crippen LogP contribution in [0.15, 0.2) is 102 Å². The Kier molecular flexibility index (Phi) is 7.50. The second kappa shape index (κ2) is 10.9. The van der Waals surface area contributed by atoms with Crippen molar-refractivity contribution in [3.05, 3.63) is 130 Å². The van der Waals surface area contributed by atoms with Crippen molar-refractivity contribution in [1.82, 2.24) is 14.5 Å². The number of pyridine rings is 1. The number of aromatic nitrogens is 3. The molecule has 0 spiro atoms. The summed E-state index contributed by atoms with van der Waals surface area (Å²) >= 11 is 0. The topological polar surface area (TPSA) is 77.2 Å². The molecule has 5 aromatic rings. The highest BCUT2D eigenvalue weighted by Gasteiger charge is 2.71. The summed E-state index contributed by atoms with van der Waals surface area (Å²) in [6.45, 7) is 0.163. The molecule has 0 bridgehead atoms. The molecular formula is C30H21F6N3O3. The van der Waals surface area contributed by atoms with Crippen molar-refractivity contribution >= 4 is 10.9 Å². The number of aliphatic hydroxyl groups is 1. The van der Waals surface area contributed by atoms with Crippen LogP contribution in [0, 0.1) is 0 Å². The van der Waals surface area contributed by atoms with E-state index in [0.29, 0.717) is 23.4 Å². The Morgan fingerprint density at radius 2 is 1.48 bits per heavy atom. The summed E-state index contributed by atoms with van der Waals surface area (Å²) in [5.41, 5.74) is -5.35. The summed E-state index contributed by atoms with van der Waals surface area (Å²) in [6.07, 6.45) is -8.73. The molecule has 0 atom stereocenters. The average molecular weight is 586 g/mol. The summed E-state index contributed by atoms with van der Waals surface area (Å²) in [4.78, 5) is 22.4. The maximum Gasteiger partial charge on any atom is 0.430 e. The van der Waals surface area contributed by atoms with E-state index >= 15 is 0 Å². The van der Waals surface area contributed by atoms with Gasteiger partial charge in [0.15, 0.2) is 0 Å². The van der Waals surface area contributed by atoms with Crippen LogP contribution in [-0.4, -0.2) is 32.0 Å². The Balaban J connectivity index is 1.61. The molecule has 0 saturated heterocycles. The zero-order valence-corrected chi connectivity index (χ0v) is 21.5. The summed E-state index contributed by atoms with van der Waals surface area (Å²) < 4.78 is 87.4. The molecule has 5 rings (SSSR count). The molecule has 0 unspecified atom stereocenters. The molecule has 0 aliphatic carbocycles. The highest BCUT2D eigenvalue weighted by molar-refractivity contribution is 5.79. The van der Waals surface area contributed by atoms with Gasteiger partial charge in [-0.2, -0.15) is 26.3 Å². The monoisotopic (exact) mass is 585 g/mol. The molecule has 0 amide bonds. The number of ether oxygens (including phenoxy) is 1. The van der Waals surface area contributed by atoms with Gasteiger partial charge in [0.05, 0.1) is 16.6 Å². The van der Waals surface area contributed by atoms with Gasteiger partial charge >= 0.3 is 12.4 Å². The minimum Gasteiger partial charge on any atom is -0.489 e. The first-order valence-electron chi connectivity index (χ1n) is 12.5. The number of hydrogen-bond donors (Lipinski definition) is 1. The number of fused-ring (bicyclic) bond motifs is 1. The maximum absolute atomic E-state index is 13.8. The molecule has 1 N–H and O–H groups in total. The van der Waals surface area contributed by atoms with E-state index in [-0.39, 0.29) is 29.9 Å². The lowest BCUT2D eigenvalue weighted by Gasteiger charge is -2.32. The Bertz CT molecular complexity index is 1740. The third kappa shape index (κ3) is 5.45.